The molecule has 0 aliphatic carbocycles. The number of amides is 2. The first-order valence-corrected chi connectivity index (χ1v) is 5.30. The van der Waals surface area contributed by atoms with Crippen molar-refractivity contribution in [1.29, 1.82) is 0 Å². The number of nitrogens with zero attached hydrogens (tertiary/aromatic N) is 1. The number of likely N-dealkylation sites (tertiary alicyclic amines) is 1. The van der Waals surface area contributed by atoms with Crippen LogP contribution in [0.25, 0.3) is 0 Å². The van der Waals surface area contributed by atoms with Gasteiger partial charge in [0.15, 0.2) is 0 Å². The third-order valence-electron chi connectivity index (χ3n) is 2.96. The van der Waals surface area contributed by atoms with Gasteiger partial charge >= 0.3 is 12.0 Å². The molecule has 86 valence electrons. The van der Waals surface area contributed by atoms with Crippen molar-refractivity contribution in [1.82, 2.24) is 10.2 Å². The highest BCUT2D eigenvalue weighted by Gasteiger charge is 2.34. The van der Waals surface area contributed by atoms with Crippen molar-refractivity contribution in [2.75, 3.05) is 13.1 Å². The van der Waals surface area contributed by atoms with Crippen LogP contribution in [0.2, 0.25) is 0 Å². The second kappa shape index (κ2) is 4.51. The minimum atomic E-state index is -1.15. The summed E-state index contributed by atoms with van der Waals surface area (Å²) in [5.74, 6) is -0.988. The lowest BCUT2D eigenvalue weighted by Crippen LogP contribution is -2.55. The van der Waals surface area contributed by atoms with Crippen LogP contribution in [0.3, 0.4) is 0 Å². The summed E-state index contributed by atoms with van der Waals surface area (Å²) in [6, 6.07) is -0.265. The molecular weight excluding hydrogens is 196 g/mol. The van der Waals surface area contributed by atoms with Gasteiger partial charge in [-0.2, -0.15) is 0 Å². The summed E-state index contributed by atoms with van der Waals surface area (Å²) < 4.78 is 0. The molecule has 2 N–H and O–H groups in total. The predicted octanol–water partition coefficient (Wildman–Crippen LogP) is 1.05. The number of hydrogen-bond donors (Lipinski definition) is 2. The standard InChI is InChI=1S/C10H18N2O3/c1-3-10(2,8(13)14)11-9(15)12-6-4-5-7-12/h3-7H2,1-2H3,(H,11,15)(H,13,14). The fourth-order valence-corrected chi connectivity index (χ4v) is 1.53. The van der Waals surface area contributed by atoms with Crippen LogP contribution in [0, 0.1) is 0 Å². The summed E-state index contributed by atoms with van der Waals surface area (Å²) >= 11 is 0. The van der Waals surface area contributed by atoms with Crippen LogP contribution in [-0.2, 0) is 4.79 Å². The van der Waals surface area contributed by atoms with Crippen LogP contribution in [0.1, 0.15) is 33.1 Å². The largest absolute Gasteiger partial charge is 0.480 e. The average Bonchev–Trinajstić information content (AvgIpc) is 2.70. The molecule has 1 aliphatic heterocycles. The Morgan fingerprint density at radius 3 is 2.33 bits per heavy atom. The lowest BCUT2D eigenvalue weighted by molar-refractivity contribution is -0.143. The molecule has 5 nitrogen and oxygen atoms in total. The zero-order valence-electron chi connectivity index (χ0n) is 9.25. The Labute approximate surface area is 89.4 Å². The Kier molecular flexibility index (Phi) is 3.55. The van der Waals surface area contributed by atoms with Crippen molar-refractivity contribution in [3.63, 3.8) is 0 Å². The molecular formula is C10H18N2O3. The molecule has 0 bridgehead atoms. The monoisotopic (exact) mass is 214 g/mol. The van der Waals surface area contributed by atoms with E-state index in [2.05, 4.69) is 5.32 Å². The van der Waals surface area contributed by atoms with Gasteiger partial charge in [0.2, 0.25) is 0 Å². The summed E-state index contributed by atoms with van der Waals surface area (Å²) in [7, 11) is 0. The number of carboxylic acid groups (broad SMARTS) is 1. The molecule has 0 radical (unpaired) electrons. The SMILES string of the molecule is CCC(C)(NC(=O)N1CCCC1)C(=O)O. The van der Waals surface area contributed by atoms with Crippen molar-refractivity contribution < 1.29 is 14.7 Å². The van der Waals surface area contributed by atoms with Crippen molar-refractivity contribution in [2.45, 2.75) is 38.6 Å². The van der Waals surface area contributed by atoms with Crippen molar-refractivity contribution >= 4 is 12.0 Å². The van der Waals surface area contributed by atoms with Gasteiger partial charge in [0.25, 0.3) is 0 Å². The first-order chi connectivity index (χ1) is 6.99. The van der Waals surface area contributed by atoms with E-state index in [1.807, 2.05) is 0 Å². The molecule has 0 aromatic heterocycles. The maximum atomic E-state index is 11.7. The summed E-state index contributed by atoms with van der Waals surface area (Å²) in [5.41, 5.74) is -1.15. The highest BCUT2D eigenvalue weighted by molar-refractivity contribution is 5.85. The quantitative estimate of drug-likeness (QED) is 0.737. The Morgan fingerprint density at radius 2 is 1.93 bits per heavy atom. The van der Waals surface area contributed by atoms with Gasteiger partial charge in [-0.3, -0.25) is 0 Å². The lowest BCUT2D eigenvalue weighted by atomic mass is 10.00. The minimum Gasteiger partial charge on any atom is -0.480 e. The van der Waals surface area contributed by atoms with Crippen molar-refractivity contribution in [2.24, 2.45) is 0 Å². The third-order valence-corrected chi connectivity index (χ3v) is 2.96. The van der Waals surface area contributed by atoms with Gasteiger partial charge in [-0.25, -0.2) is 9.59 Å². The van der Waals surface area contributed by atoms with E-state index in [1.165, 1.54) is 6.92 Å². The highest BCUT2D eigenvalue weighted by atomic mass is 16.4. The zero-order valence-corrected chi connectivity index (χ0v) is 9.25. The first-order valence-electron chi connectivity index (χ1n) is 5.30. The van der Waals surface area contributed by atoms with E-state index in [4.69, 9.17) is 5.11 Å². The molecule has 0 aromatic carbocycles. The maximum absolute atomic E-state index is 11.7. The fraction of sp³-hybridized carbons (Fsp3) is 0.800. The van der Waals surface area contributed by atoms with Crippen molar-refractivity contribution in [3.05, 3.63) is 0 Å². The van der Waals surface area contributed by atoms with E-state index < -0.39 is 11.5 Å². The second-order valence-corrected chi connectivity index (χ2v) is 4.12. The van der Waals surface area contributed by atoms with Gasteiger partial charge in [0.05, 0.1) is 0 Å². The molecule has 1 atom stereocenters. The smallest absolute Gasteiger partial charge is 0.329 e. The van der Waals surface area contributed by atoms with Gasteiger partial charge in [0, 0.05) is 13.1 Å². The molecule has 2 amide bonds. The topological polar surface area (TPSA) is 69.6 Å². The molecule has 1 heterocycles. The molecule has 1 aliphatic rings. The lowest BCUT2D eigenvalue weighted by Gasteiger charge is -2.27. The van der Waals surface area contributed by atoms with E-state index in [-0.39, 0.29) is 6.03 Å². The molecule has 1 fully saturated rings. The molecule has 1 unspecified atom stereocenters. The molecule has 1 rings (SSSR count). The van der Waals surface area contributed by atoms with Crippen molar-refractivity contribution in [3.8, 4) is 0 Å². The second-order valence-electron chi connectivity index (χ2n) is 4.12. The van der Waals surface area contributed by atoms with Crippen LogP contribution >= 0.6 is 0 Å². The molecule has 1 saturated heterocycles. The number of hydrogen-bond acceptors (Lipinski definition) is 2. The van der Waals surface area contributed by atoms with Crippen LogP contribution in [0.4, 0.5) is 4.79 Å². The van der Waals surface area contributed by atoms with Gasteiger partial charge in [-0.05, 0) is 26.2 Å². The van der Waals surface area contributed by atoms with Gasteiger partial charge in [-0.15, -0.1) is 0 Å². The Morgan fingerprint density at radius 1 is 1.40 bits per heavy atom. The molecule has 0 aromatic rings. The van der Waals surface area contributed by atoms with Crippen LogP contribution in [0.15, 0.2) is 0 Å². The summed E-state index contributed by atoms with van der Waals surface area (Å²) in [4.78, 5) is 24.3. The number of nitrogens with one attached hydrogen (secondary N) is 1. The van der Waals surface area contributed by atoms with Gasteiger partial charge in [0.1, 0.15) is 5.54 Å². The van der Waals surface area contributed by atoms with Gasteiger partial charge in [-0.1, -0.05) is 6.92 Å². The summed E-state index contributed by atoms with van der Waals surface area (Å²) in [6.45, 7) is 4.73. The van der Waals surface area contributed by atoms with E-state index in [1.54, 1.807) is 11.8 Å². The Bertz CT molecular complexity index is 261. The van der Waals surface area contributed by atoms with Crippen LogP contribution < -0.4 is 5.32 Å². The summed E-state index contributed by atoms with van der Waals surface area (Å²) in [5, 5.41) is 11.6. The maximum Gasteiger partial charge on any atom is 0.329 e. The predicted molar refractivity (Wildman–Crippen MR) is 55.7 cm³/mol. The number of rotatable bonds is 3. The molecule has 5 heteroatoms. The number of carbonyl (C=O) groups excluding carboxylic acids is 1. The molecule has 0 saturated carbocycles. The van der Waals surface area contributed by atoms with E-state index in [9.17, 15) is 9.59 Å². The Hall–Kier alpha value is -1.26. The Balaban J connectivity index is 2.58. The van der Waals surface area contributed by atoms with Crippen LogP contribution in [0.5, 0.6) is 0 Å². The average molecular weight is 214 g/mol. The first kappa shape index (κ1) is 11.8. The highest BCUT2D eigenvalue weighted by Crippen LogP contribution is 2.13. The normalized spacial score (nSPS) is 19.7. The number of carboxylic acids is 1. The molecule has 0 spiro atoms. The van der Waals surface area contributed by atoms with Crippen LogP contribution in [-0.4, -0.2) is 40.6 Å². The number of urea groups is 1. The summed E-state index contributed by atoms with van der Waals surface area (Å²) in [6.07, 6.45) is 2.38. The van der Waals surface area contributed by atoms with E-state index in [0.717, 1.165) is 25.9 Å². The van der Waals surface area contributed by atoms with Gasteiger partial charge < -0.3 is 15.3 Å². The number of aliphatic carboxylic acids is 1. The zero-order chi connectivity index (χ0) is 11.5. The fourth-order valence-electron chi connectivity index (χ4n) is 1.53. The van der Waals surface area contributed by atoms with E-state index in [0.29, 0.717) is 6.42 Å². The number of carbonyl (C=O) groups is 2. The third kappa shape index (κ3) is 2.61. The van der Waals surface area contributed by atoms with E-state index >= 15 is 0 Å². The molecule has 15 heavy (non-hydrogen) atoms. The minimum absolute atomic E-state index is 0.265.